The van der Waals surface area contributed by atoms with Gasteiger partial charge in [0.15, 0.2) is 0 Å². The number of phenols is 2. The lowest BCUT2D eigenvalue weighted by Crippen LogP contribution is -2.46. The van der Waals surface area contributed by atoms with Crippen molar-refractivity contribution in [3.8, 4) is 11.5 Å². The van der Waals surface area contributed by atoms with Gasteiger partial charge in [-0.1, -0.05) is 17.7 Å². The number of phenolic OH excluding ortho intramolecular Hbond substituents is 2. The SMILES string of the molecule is CN(Cc1cccnc1)C(=O)[C@@H]1CCCN1C(=O)c1cc(Cl)c(O)cc1O. The van der Waals surface area contributed by atoms with E-state index in [0.717, 1.165) is 11.6 Å². The van der Waals surface area contributed by atoms with Gasteiger partial charge in [0.25, 0.3) is 5.91 Å². The second-order valence-electron chi connectivity index (χ2n) is 6.53. The molecule has 1 atom stereocenters. The standard InChI is InChI=1S/C19H20ClN3O4/c1-22(11-12-4-2-6-21-10-12)19(27)15-5-3-7-23(15)18(26)13-8-14(20)17(25)9-16(13)24/h2,4,6,8-10,15,24-25H,3,5,7,11H2,1H3/t15-/m0/s1. The van der Waals surface area contributed by atoms with Gasteiger partial charge < -0.3 is 20.0 Å². The molecule has 1 fully saturated rings. The highest BCUT2D eigenvalue weighted by molar-refractivity contribution is 6.32. The Balaban J connectivity index is 1.77. The highest BCUT2D eigenvalue weighted by atomic mass is 35.5. The Kier molecular flexibility index (Phi) is 5.51. The van der Waals surface area contributed by atoms with Crippen LogP contribution in [0.3, 0.4) is 0 Å². The molecule has 0 aliphatic carbocycles. The molecule has 1 aromatic carbocycles. The van der Waals surface area contributed by atoms with Crippen LogP contribution >= 0.6 is 11.6 Å². The third kappa shape index (κ3) is 3.98. The van der Waals surface area contributed by atoms with Crippen LogP contribution in [0.25, 0.3) is 0 Å². The lowest BCUT2D eigenvalue weighted by Gasteiger charge is -2.28. The van der Waals surface area contributed by atoms with E-state index in [1.807, 2.05) is 6.07 Å². The minimum absolute atomic E-state index is 0.0348. The maximum absolute atomic E-state index is 12.9. The van der Waals surface area contributed by atoms with Gasteiger partial charge in [0.2, 0.25) is 5.91 Å². The summed E-state index contributed by atoms with van der Waals surface area (Å²) >= 11 is 5.86. The van der Waals surface area contributed by atoms with Crippen molar-refractivity contribution in [1.29, 1.82) is 0 Å². The van der Waals surface area contributed by atoms with Crippen LogP contribution in [-0.2, 0) is 11.3 Å². The second-order valence-corrected chi connectivity index (χ2v) is 6.94. The van der Waals surface area contributed by atoms with Crippen LogP contribution in [0.5, 0.6) is 11.5 Å². The molecule has 3 rings (SSSR count). The molecule has 2 amide bonds. The van der Waals surface area contributed by atoms with Crippen molar-refractivity contribution in [2.45, 2.75) is 25.4 Å². The third-order valence-electron chi connectivity index (χ3n) is 4.61. The number of hydrogen-bond acceptors (Lipinski definition) is 5. The number of amides is 2. The number of hydrogen-bond donors (Lipinski definition) is 2. The van der Waals surface area contributed by atoms with Crippen LogP contribution in [-0.4, -0.2) is 56.4 Å². The van der Waals surface area contributed by atoms with Gasteiger partial charge in [0.1, 0.15) is 17.5 Å². The van der Waals surface area contributed by atoms with E-state index in [4.69, 9.17) is 11.6 Å². The number of carbonyl (C=O) groups excluding carboxylic acids is 2. The first-order valence-corrected chi connectivity index (χ1v) is 8.92. The molecule has 0 saturated carbocycles. The summed E-state index contributed by atoms with van der Waals surface area (Å²) < 4.78 is 0. The molecule has 142 valence electrons. The molecule has 27 heavy (non-hydrogen) atoms. The zero-order chi connectivity index (χ0) is 19.6. The van der Waals surface area contributed by atoms with Gasteiger partial charge in [0.05, 0.1) is 10.6 Å². The second kappa shape index (κ2) is 7.84. The predicted octanol–water partition coefficient (Wildman–Crippen LogP) is 2.41. The average Bonchev–Trinajstić information content (AvgIpc) is 3.14. The molecule has 2 heterocycles. The number of rotatable bonds is 4. The van der Waals surface area contributed by atoms with Crippen molar-refractivity contribution in [2.75, 3.05) is 13.6 Å². The van der Waals surface area contributed by atoms with Crippen LogP contribution in [0.1, 0.15) is 28.8 Å². The van der Waals surface area contributed by atoms with Gasteiger partial charge in [-0.25, -0.2) is 0 Å². The number of likely N-dealkylation sites (tertiary alicyclic amines) is 1. The number of carbonyl (C=O) groups is 2. The van der Waals surface area contributed by atoms with Gasteiger partial charge in [-0.3, -0.25) is 14.6 Å². The molecule has 8 heteroatoms. The zero-order valence-electron chi connectivity index (χ0n) is 14.8. The molecule has 0 spiro atoms. The molecule has 7 nitrogen and oxygen atoms in total. The number of nitrogens with zero attached hydrogens (tertiary/aromatic N) is 3. The normalized spacial score (nSPS) is 16.4. The number of halogens is 1. The summed E-state index contributed by atoms with van der Waals surface area (Å²) in [5, 5.41) is 19.5. The van der Waals surface area contributed by atoms with E-state index in [2.05, 4.69) is 4.98 Å². The van der Waals surface area contributed by atoms with Crippen LogP contribution in [0.4, 0.5) is 0 Å². The summed E-state index contributed by atoms with van der Waals surface area (Å²) in [6, 6.07) is 5.32. The van der Waals surface area contributed by atoms with Crippen molar-refractivity contribution >= 4 is 23.4 Å². The highest BCUT2D eigenvalue weighted by Gasteiger charge is 2.37. The molecule has 2 N–H and O–H groups in total. The molecule has 0 unspecified atom stereocenters. The molecular formula is C19H20ClN3O4. The minimum Gasteiger partial charge on any atom is -0.507 e. The van der Waals surface area contributed by atoms with E-state index in [1.54, 1.807) is 30.4 Å². The summed E-state index contributed by atoms with van der Waals surface area (Å²) in [5.74, 6) is -1.34. The molecular weight excluding hydrogens is 370 g/mol. The van der Waals surface area contributed by atoms with Crippen molar-refractivity contribution in [1.82, 2.24) is 14.8 Å². The molecule has 2 aromatic rings. The molecule has 0 radical (unpaired) electrons. The van der Waals surface area contributed by atoms with E-state index in [9.17, 15) is 19.8 Å². The van der Waals surface area contributed by atoms with Gasteiger partial charge in [-0.05, 0) is 30.5 Å². The van der Waals surface area contributed by atoms with Crippen LogP contribution in [0.2, 0.25) is 5.02 Å². The van der Waals surface area contributed by atoms with Crippen LogP contribution < -0.4 is 0 Å². The van der Waals surface area contributed by atoms with Crippen molar-refractivity contribution in [3.05, 3.63) is 52.8 Å². The quantitative estimate of drug-likeness (QED) is 0.837. The topological polar surface area (TPSA) is 94.0 Å². The number of aromatic nitrogens is 1. The average molecular weight is 390 g/mol. The first-order valence-electron chi connectivity index (χ1n) is 8.55. The smallest absolute Gasteiger partial charge is 0.258 e. The molecule has 1 aliphatic rings. The Hall–Kier alpha value is -2.80. The number of likely N-dealkylation sites (N-methyl/N-ethyl adjacent to an activating group) is 1. The number of pyridine rings is 1. The largest absolute Gasteiger partial charge is 0.507 e. The Morgan fingerprint density at radius 3 is 2.81 bits per heavy atom. The molecule has 0 bridgehead atoms. The minimum atomic E-state index is -0.605. The monoisotopic (exact) mass is 389 g/mol. The fourth-order valence-electron chi connectivity index (χ4n) is 3.24. The Labute approximate surface area is 161 Å². The molecule has 1 saturated heterocycles. The molecule has 1 aliphatic heterocycles. The zero-order valence-corrected chi connectivity index (χ0v) is 15.6. The summed E-state index contributed by atoms with van der Waals surface area (Å²) in [4.78, 5) is 32.8. The van der Waals surface area contributed by atoms with Gasteiger partial charge in [-0.15, -0.1) is 0 Å². The van der Waals surface area contributed by atoms with Crippen LogP contribution in [0.15, 0.2) is 36.7 Å². The van der Waals surface area contributed by atoms with Gasteiger partial charge in [0, 0.05) is 38.6 Å². The van der Waals surface area contributed by atoms with E-state index in [0.29, 0.717) is 25.9 Å². The summed E-state index contributed by atoms with van der Waals surface area (Å²) in [6.45, 7) is 0.801. The van der Waals surface area contributed by atoms with E-state index in [1.165, 1.54) is 11.0 Å². The fourth-order valence-corrected chi connectivity index (χ4v) is 3.40. The maximum atomic E-state index is 12.9. The van der Waals surface area contributed by atoms with Gasteiger partial charge in [-0.2, -0.15) is 0 Å². The lowest BCUT2D eigenvalue weighted by atomic mass is 10.1. The van der Waals surface area contributed by atoms with Crippen molar-refractivity contribution in [3.63, 3.8) is 0 Å². The van der Waals surface area contributed by atoms with E-state index < -0.39 is 11.9 Å². The Bertz CT molecular complexity index is 860. The predicted molar refractivity (Wildman–Crippen MR) is 99.6 cm³/mol. The van der Waals surface area contributed by atoms with E-state index >= 15 is 0 Å². The summed E-state index contributed by atoms with van der Waals surface area (Å²) in [7, 11) is 1.69. The number of aromatic hydroxyl groups is 2. The van der Waals surface area contributed by atoms with E-state index in [-0.39, 0.29) is 28.0 Å². The first kappa shape index (κ1) is 19.0. The maximum Gasteiger partial charge on any atom is 0.258 e. The first-order chi connectivity index (χ1) is 12.9. The fraction of sp³-hybridized carbons (Fsp3) is 0.316. The lowest BCUT2D eigenvalue weighted by molar-refractivity contribution is -0.134. The van der Waals surface area contributed by atoms with Crippen LogP contribution in [0, 0.1) is 0 Å². The Morgan fingerprint density at radius 1 is 1.33 bits per heavy atom. The highest BCUT2D eigenvalue weighted by Crippen LogP contribution is 2.33. The molecule has 1 aromatic heterocycles. The van der Waals surface area contributed by atoms with Gasteiger partial charge >= 0.3 is 0 Å². The third-order valence-corrected chi connectivity index (χ3v) is 4.92. The summed E-state index contributed by atoms with van der Waals surface area (Å²) in [6.07, 6.45) is 4.60. The number of benzene rings is 1. The van der Waals surface area contributed by atoms with Crippen molar-refractivity contribution < 1.29 is 19.8 Å². The Morgan fingerprint density at radius 2 is 2.11 bits per heavy atom. The van der Waals surface area contributed by atoms with Crippen molar-refractivity contribution in [2.24, 2.45) is 0 Å². The summed E-state index contributed by atoms with van der Waals surface area (Å²) in [5.41, 5.74) is 0.861.